The Balaban J connectivity index is 2.46. The Morgan fingerprint density at radius 2 is 1.73 bits per heavy atom. The van der Waals surface area contributed by atoms with Crippen LogP contribution >= 0.6 is 0 Å². The van der Waals surface area contributed by atoms with Crippen molar-refractivity contribution in [3.8, 4) is 0 Å². The summed E-state index contributed by atoms with van der Waals surface area (Å²) >= 11 is 0. The molecule has 0 bridgehead atoms. The number of hydrogen-bond donors (Lipinski definition) is 1. The van der Waals surface area contributed by atoms with Gasteiger partial charge in [0.2, 0.25) is 0 Å². The van der Waals surface area contributed by atoms with Crippen LogP contribution in [0.4, 0.5) is 5.69 Å². The summed E-state index contributed by atoms with van der Waals surface area (Å²) in [6.45, 7) is 6.01. The molecular formula is C17H25NO4. The first-order chi connectivity index (χ1) is 10.5. The molecule has 2 atom stereocenters. The van der Waals surface area contributed by atoms with E-state index in [0.717, 1.165) is 5.56 Å². The average Bonchev–Trinajstić information content (AvgIpc) is 2.51. The number of ether oxygens (including phenoxy) is 2. The summed E-state index contributed by atoms with van der Waals surface area (Å²) in [5, 5.41) is 0. The number of carbonyl (C=O) groups excluding carboxylic acids is 2. The molecule has 0 heterocycles. The fraction of sp³-hybridized carbons (Fsp3) is 0.529. The maximum absolute atomic E-state index is 12.0. The number of nitrogens with two attached hydrogens (primary N) is 1. The lowest BCUT2D eigenvalue weighted by Crippen LogP contribution is -2.24. The van der Waals surface area contributed by atoms with Crippen molar-refractivity contribution in [1.29, 1.82) is 0 Å². The van der Waals surface area contributed by atoms with Gasteiger partial charge in [-0.3, -0.25) is 9.59 Å². The molecule has 0 aromatic heterocycles. The van der Waals surface area contributed by atoms with Crippen LogP contribution in [0.3, 0.4) is 0 Å². The second-order valence-electron chi connectivity index (χ2n) is 5.34. The molecule has 0 radical (unpaired) electrons. The molecule has 5 nitrogen and oxygen atoms in total. The Morgan fingerprint density at radius 1 is 1.09 bits per heavy atom. The lowest BCUT2D eigenvalue weighted by molar-refractivity contribution is -0.152. The van der Waals surface area contributed by atoms with Crippen LogP contribution in [0.25, 0.3) is 0 Å². The van der Waals surface area contributed by atoms with Crippen LogP contribution in [0.2, 0.25) is 0 Å². The van der Waals surface area contributed by atoms with E-state index in [4.69, 9.17) is 15.2 Å². The van der Waals surface area contributed by atoms with E-state index in [1.165, 1.54) is 0 Å². The highest BCUT2D eigenvalue weighted by Crippen LogP contribution is 2.19. The molecule has 0 fully saturated rings. The molecule has 22 heavy (non-hydrogen) atoms. The first-order valence-electron chi connectivity index (χ1n) is 7.65. The van der Waals surface area contributed by atoms with Crippen LogP contribution in [-0.2, 0) is 25.7 Å². The minimum absolute atomic E-state index is 0.208. The number of nitrogen functional groups attached to an aromatic ring is 1. The topological polar surface area (TPSA) is 78.6 Å². The van der Waals surface area contributed by atoms with Crippen molar-refractivity contribution >= 4 is 17.6 Å². The van der Waals surface area contributed by atoms with E-state index in [2.05, 4.69) is 0 Å². The molecule has 0 saturated carbocycles. The van der Waals surface area contributed by atoms with Gasteiger partial charge in [0.05, 0.1) is 18.4 Å². The third-order valence-electron chi connectivity index (χ3n) is 3.51. The van der Waals surface area contributed by atoms with Gasteiger partial charge in [0.25, 0.3) is 0 Å². The standard InChI is InChI=1S/C17H25NO4/c1-4-14(17(20)21-5-2)10-12(3)16(19)22-11-13-6-8-15(18)9-7-13/h6-9,12,14H,4-5,10-11,18H2,1-3H3. The van der Waals surface area contributed by atoms with Crippen LogP contribution < -0.4 is 5.73 Å². The minimum Gasteiger partial charge on any atom is -0.466 e. The van der Waals surface area contributed by atoms with Gasteiger partial charge in [-0.05, 0) is 37.5 Å². The Kier molecular flexibility index (Phi) is 7.43. The number of anilines is 1. The molecule has 2 N–H and O–H groups in total. The van der Waals surface area contributed by atoms with Gasteiger partial charge in [0.1, 0.15) is 6.61 Å². The normalized spacial score (nSPS) is 13.2. The Hall–Kier alpha value is -2.04. The maximum Gasteiger partial charge on any atom is 0.309 e. The van der Waals surface area contributed by atoms with Gasteiger partial charge in [0.15, 0.2) is 0 Å². The molecule has 1 rings (SSSR count). The van der Waals surface area contributed by atoms with Gasteiger partial charge in [0, 0.05) is 5.69 Å². The summed E-state index contributed by atoms with van der Waals surface area (Å²) in [5.41, 5.74) is 7.15. The van der Waals surface area contributed by atoms with E-state index in [0.29, 0.717) is 25.1 Å². The first-order valence-corrected chi connectivity index (χ1v) is 7.65. The molecule has 0 aliphatic carbocycles. The van der Waals surface area contributed by atoms with Crippen molar-refractivity contribution in [2.45, 2.75) is 40.2 Å². The summed E-state index contributed by atoms with van der Waals surface area (Å²) in [5.74, 6) is -1.16. The summed E-state index contributed by atoms with van der Waals surface area (Å²) in [4.78, 5) is 23.8. The van der Waals surface area contributed by atoms with Crippen LogP contribution in [0, 0.1) is 11.8 Å². The third-order valence-corrected chi connectivity index (χ3v) is 3.51. The van der Waals surface area contributed by atoms with Crippen molar-refractivity contribution < 1.29 is 19.1 Å². The zero-order chi connectivity index (χ0) is 16.5. The van der Waals surface area contributed by atoms with E-state index >= 15 is 0 Å². The van der Waals surface area contributed by atoms with Crippen LogP contribution in [0.1, 0.15) is 39.2 Å². The summed E-state index contributed by atoms with van der Waals surface area (Å²) in [6, 6.07) is 7.17. The SMILES string of the molecule is CCOC(=O)C(CC)CC(C)C(=O)OCc1ccc(N)cc1. The summed E-state index contributed by atoms with van der Waals surface area (Å²) in [7, 11) is 0. The molecule has 122 valence electrons. The van der Waals surface area contributed by atoms with Crippen molar-refractivity contribution in [2.24, 2.45) is 11.8 Å². The molecule has 0 saturated heterocycles. The lowest BCUT2D eigenvalue weighted by Gasteiger charge is -2.17. The van der Waals surface area contributed by atoms with Gasteiger partial charge in [-0.1, -0.05) is 26.0 Å². The number of hydrogen-bond acceptors (Lipinski definition) is 5. The van der Waals surface area contributed by atoms with Gasteiger partial charge < -0.3 is 15.2 Å². The fourth-order valence-corrected chi connectivity index (χ4v) is 2.12. The molecule has 1 aromatic rings. The van der Waals surface area contributed by atoms with Crippen molar-refractivity contribution in [2.75, 3.05) is 12.3 Å². The third kappa shape index (κ3) is 5.76. The first kappa shape index (κ1) is 18.0. The molecule has 2 unspecified atom stereocenters. The Labute approximate surface area is 131 Å². The predicted octanol–water partition coefficient (Wildman–Crippen LogP) is 2.93. The van der Waals surface area contributed by atoms with E-state index in [-0.39, 0.29) is 30.4 Å². The van der Waals surface area contributed by atoms with Gasteiger partial charge >= 0.3 is 11.9 Å². The largest absolute Gasteiger partial charge is 0.466 e. The predicted molar refractivity (Wildman–Crippen MR) is 84.8 cm³/mol. The van der Waals surface area contributed by atoms with E-state index in [1.54, 1.807) is 26.0 Å². The molecule has 0 amide bonds. The highest BCUT2D eigenvalue weighted by Gasteiger charge is 2.25. The quantitative estimate of drug-likeness (QED) is 0.590. The zero-order valence-electron chi connectivity index (χ0n) is 13.5. The number of rotatable bonds is 8. The Bertz CT molecular complexity index is 484. The summed E-state index contributed by atoms with van der Waals surface area (Å²) < 4.78 is 10.3. The second-order valence-corrected chi connectivity index (χ2v) is 5.34. The monoisotopic (exact) mass is 307 g/mol. The van der Waals surface area contributed by atoms with Gasteiger partial charge in [-0.25, -0.2) is 0 Å². The number of benzene rings is 1. The molecule has 0 aliphatic rings. The molecule has 5 heteroatoms. The summed E-state index contributed by atoms with van der Waals surface area (Å²) in [6.07, 6.45) is 1.09. The van der Waals surface area contributed by atoms with Gasteiger partial charge in [-0.15, -0.1) is 0 Å². The molecular weight excluding hydrogens is 282 g/mol. The molecule has 0 aliphatic heterocycles. The van der Waals surface area contributed by atoms with E-state index in [1.807, 2.05) is 19.1 Å². The van der Waals surface area contributed by atoms with Crippen molar-refractivity contribution in [3.05, 3.63) is 29.8 Å². The molecule has 1 aromatic carbocycles. The number of carbonyl (C=O) groups is 2. The van der Waals surface area contributed by atoms with Crippen LogP contribution in [0.5, 0.6) is 0 Å². The Morgan fingerprint density at radius 3 is 2.27 bits per heavy atom. The average molecular weight is 307 g/mol. The van der Waals surface area contributed by atoms with E-state index < -0.39 is 0 Å². The smallest absolute Gasteiger partial charge is 0.309 e. The minimum atomic E-state index is -0.344. The van der Waals surface area contributed by atoms with Crippen molar-refractivity contribution in [1.82, 2.24) is 0 Å². The van der Waals surface area contributed by atoms with Crippen LogP contribution in [0.15, 0.2) is 24.3 Å². The van der Waals surface area contributed by atoms with Gasteiger partial charge in [-0.2, -0.15) is 0 Å². The van der Waals surface area contributed by atoms with E-state index in [9.17, 15) is 9.59 Å². The highest BCUT2D eigenvalue weighted by atomic mass is 16.5. The maximum atomic E-state index is 12.0. The zero-order valence-corrected chi connectivity index (χ0v) is 13.5. The lowest BCUT2D eigenvalue weighted by atomic mass is 9.94. The fourth-order valence-electron chi connectivity index (χ4n) is 2.12. The van der Waals surface area contributed by atoms with Crippen LogP contribution in [-0.4, -0.2) is 18.5 Å². The number of esters is 2. The highest BCUT2D eigenvalue weighted by molar-refractivity contribution is 5.75. The second kappa shape index (κ2) is 9.07. The van der Waals surface area contributed by atoms with Crippen molar-refractivity contribution in [3.63, 3.8) is 0 Å². The molecule has 0 spiro atoms.